The lowest BCUT2D eigenvalue weighted by Crippen LogP contribution is -2.02. The topological polar surface area (TPSA) is 72.4 Å². The minimum absolute atomic E-state index is 0.180. The van der Waals surface area contributed by atoms with Crippen molar-refractivity contribution >= 4 is 23.3 Å². The van der Waals surface area contributed by atoms with Crippen molar-refractivity contribution in [3.05, 3.63) is 16.7 Å². The Hall–Kier alpha value is -1.56. The molecule has 7 heteroatoms. The molecule has 0 aliphatic heterocycles. The summed E-state index contributed by atoms with van der Waals surface area (Å²) in [5.41, 5.74) is 0.361. The Morgan fingerprint density at radius 1 is 1.59 bits per heavy atom. The van der Waals surface area contributed by atoms with E-state index in [1.807, 2.05) is 11.6 Å². The highest BCUT2D eigenvalue weighted by Gasteiger charge is 2.30. The number of hydrogen-bond acceptors (Lipinski definition) is 3. The number of hydrogen-bond donors (Lipinski definition) is 1. The molecule has 0 aromatic carbocycles. The van der Waals surface area contributed by atoms with Crippen LogP contribution >= 0.6 is 11.6 Å². The SMILES string of the molecule is Cn1c(C2CC2)nn2c(Cl)c(CC(=O)O)nc12. The van der Waals surface area contributed by atoms with Gasteiger partial charge < -0.3 is 5.11 Å². The number of halogens is 1. The molecule has 3 rings (SSSR count). The molecule has 1 fully saturated rings. The van der Waals surface area contributed by atoms with E-state index in [0.29, 0.717) is 22.5 Å². The van der Waals surface area contributed by atoms with E-state index < -0.39 is 5.97 Å². The highest BCUT2D eigenvalue weighted by molar-refractivity contribution is 6.30. The Balaban J connectivity index is 2.12. The zero-order chi connectivity index (χ0) is 12.2. The zero-order valence-corrected chi connectivity index (χ0v) is 9.98. The molecule has 0 saturated heterocycles. The number of carboxylic acids is 1. The second kappa shape index (κ2) is 3.46. The van der Waals surface area contributed by atoms with Crippen LogP contribution in [0.4, 0.5) is 0 Å². The van der Waals surface area contributed by atoms with Gasteiger partial charge in [-0.1, -0.05) is 11.6 Å². The van der Waals surface area contributed by atoms with Crippen LogP contribution in [0.3, 0.4) is 0 Å². The first kappa shape index (κ1) is 10.6. The first-order valence-corrected chi connectivity index (χ1v) is 5.77. The Labute approximate surface area is 102 Å². The van der Waals surface area contributed by atoms with E-state index in [9.17, 15) is 4.79 Å². The minimum Gasteiger partial charge on any atom is -0.481 e. The van der Waals surface area contributed by atoms with Gasteiger partial charge in [0.05, 0.1) is 12.1 Å². The molecule has 2 heterocycles. The van der Waals surface area contributed by atoms with Crippen molar-refractivity contribution in [3.63, 3.8) is 0 Å². The van der Waals surface area contributed by atoms with Crippen LogP contribution in [-0.4, -0.2) is 30.2 Å². The standard InChI is InChI=1S/C10H11ClN4O2/c1-14-9(5-2-3-5)13-15-8(11)6(4-7(16)17)12-10(14)15/h5H,2-4H2,1H3,(H,16,17). The molecule has 2 aromatic heterocycles. The number of carbonyl (C=O) groups is 1. The summed E-state index contributed by atoms with van der Waals surface area (Å²) in [6.45, 7) is 0. The number of rotatable bonds is 3. The number of imidazole rings is 1. The van der Waals surface area contributed by atoms with Gasteiger partial charge in [-0.25, -0.2) is 4.98 Å². The number of aryl methyl sites for hydroxylation is 1. The molecule has 0 amide bonds. The third-order valence-electron chi connectivity index (χ3n) is 2.96. The average Bonchev–Trinajstić information content (AvgIpc) is 2.99. The van der Waals surface area contributed by atoms with E-state index in [1.54, 1.807) is 0 Å². The maximum absolute atomic E-state index is 10.7. The summed E-state index contributed by atoms with van der Waals surface area (Å²) in [5, 5.41) is 13.4. The van der Waals surface area contributed by atoms with E-state index >= 15 is 0 Å². The van der Waals surface area contributed by atoms with Crippen LogP contribution in [-0.2, 0) is 18.3 Å². The summed E-state index contributed by atoms with van der Waals surface area (Å²) in [6.07, 6.45) is 2.11. The van der Waals surface area contributed by atoms with E-state index in [0.717, 1.165) is 18.7 Å². The Morgan fingerprint density at radius 3 is 2.82 bits per heavy atom. The molecule has 0 radical (unpaired) electrons. The molecule has 0 spiro atoms. The minimum atomic E-state index is -0.947. The second-order valence-corrected chi connectivity index (χ2v) is 4.68. The summed E-state index contributed by atoms with van der Waals surface area (Å²) < 4.78 is 3.41. The van der Waals surface area contributed by atoms with E-state index in [4.69, 9.17) is 16.7 Å². The van der Waals surface area contributed by atoms with Gasteiger partial charge in [-0.05, 0) is 12.8 Å². The normalized spacial score (nSPS) is 15.6. The average molecular weight is 255 g/mol. The maximum Gasteiger partial charge on any atom is 0.309 e. The van der Waals surface area contributed by atoms with Gasteiger partial charge in [-0.2, -0.15) is 9.61 Å². The summed E-state index contributed by atoms with van der Waals surface area (Å²) in [7, 11) is 1.88. The van der Waals surface area contributed by atoms with Crippen molar-refractivity contribution in [1.82, 2.24) is 19.2 Å². The van der Waals surface area contributed by atoms with Gasteiger partial charge in [0.15, 0.2) is 5.15 Å². The molecule has 1 N–H and O–H groups in total. The van der Waals surface area contributed by atoms with Crippen molar-refractivity contribution in [2.24, 2.45) is 7.05 Å². The molecule has 1 saturated carbocycles. The third-order valence-corrected chi connectivity index (χ3v) is 3.33. The van der Waals surface area contributed by atoms with Gasteiger partial charge >= 0.3 is 5.97 Å². The van der Waals surface area contributed by atoms with Crippen LogP contribution in [0.5, 0.6) is 0 Å². The molecule has 2 aromatic rings. The number of aromatic nitrogens is 4. The summed E-state index contributed by atoms with van der Waals surface area (Å²) >= 11 is 6.07. The second-order valence-electron chi connectivity index (χ2n) is 4.32. The summed E-state index contributed by atoms with van der Waals surface area (Å²) in [4.78, 5) is 14.9. The fourth-order valence-electron chi connectivity index (χ4n) is 1.95. The van der Waals surface area contributed by atoms with Gasteiger partial charge in [0.1, 0.15) is 5.82 Å². The fraction of sp³-hybridized carbons (Fsp3) is 0.500. The lowest BCUT2D eigenvalue weighted by molar-refractivity contribution is -0.136. The molecule has 1 aliphatic carbocycles. The van der Waals surface area contributed by atoms with Gasteiger partial charge in [0, 0.05) is 13.0 Å². The number of fused-ring (bicyclic) bond motifs is 1. The largest absolute Gasteiger partial charge is 0.481 e. The molecule has 90 valence electrons. The number of aliphatic carboxylic acids is 1. The Bertz CT molecular complexity index is 611. The molecule has 17 heavy (non-hydrogen) atoms. The Morgan fingerprint density at radius 2 is 2.29 bits per heavy atom. The highest BCUT2D eigenvalue weighted by atomic mass is 35.5. The van der Waals surface area contributed by atoms with Crippen molar-refractivity contribution in [2.75, 3.05) is 0 Å². The van der Waals surface area contributed by atoms with E-state index in [1.165, 1.54) is 4.52 Å². The van der Waals surface area contributed by atoms with E-state index in [2.05, 4.69) is 10.1 Å². The smallest absolute Gasteiger partial charge is 0.309 e. The van der Waals surface area contributed by atoms with Gasteiger partial charge in [0.25, 0.3) is 0 Å². The molecule has 6 nitrogen and oxygen atoms in total. The Kier molecular flexibility index (Phi) is 2.16. The van der Waals surface area contributed by atoms with Crippen molar-refractivity contribution in [2.45, 2.75) is 25.2 Å². The molecule has 0 unspecified atom stereocenters. The monoisotopic (exact) mass is 254 g/mol. The van der Waals surface area contributed by atoms with E-state index in [-0.39, 0.29) is 6.42 Å². The fourth-order valence-corrected chi connectivity index (χ4v) is 2.18. The predicted octanol–water partition coefficient (Wildman–Crippen LogP) is 1.23. The van der Waals surface area contributed by atoms with Crippen LogP contribution in [0.1, 0.15) is 30.3 Å². The predicted molar refractivity (Wildman–Crippen MR) is 60.3 cm³/mol. The van der Waals surface area contributed by atoms with Crippen LogP contribution in [0.15, 0.2) is 0 Å². The summed E-state index contributed by atoms with van der Waals surface area (Å²) in [5.74, 6) is 1.13. The number of carboxylic acid groups (broad SMARTS) is 1. The molecule has 1 aliphatic rings. The van der Waals surface area contributed by atoms with Gasteiger partial charge in [-0.15, -0.1) is 0 Å². The van der Waals surface area contributed by atoms with Crippen molar-refractivity contribution in [3.8, 4) is 0 Å². The van der Waals surface area contributed by atoms with Crippen LogP contribution in [0.2, 0.25) is 5.15 Å². The first-order valence-electron chi connectivity index (χ1n) is 5.39. The molecule has 0 bridgehead atoms. The maximum atomic E-state index is 10.7. The quantitative estimate of drug-likeness (QED) is 0.894. The first-order chi connectivity index (χ1) is 8.08. The van der Waals surface area contributed by atoms with Gasteiger partial charge in [0.2, 0.25) is 5.78 Å². The zero-order valence-electron chi connectivity index (χ0n) is 9.22. The van der Waals surface area contributed by atoms with Crippen molar-refractivity contribution < 1.29 is 9.90 Å². The third kappa shape index (κ3) is 1.59. The lowest BCUT2D eigenvalue weighted by atomic mass is 10.3. The molecule has 0 atom stereocenters. The van der Waals surface area contributed by atoms with Crippen molar-refractivity contribution in [1.29, 1.82) is 0 Å². The van der Waals surface area contributed by atoms with Crippen LogP contribution in [0.25, 0.3) is 5.78 Å². The molecular formula is C10H11ClN4O2. The summed E-state index contributed by atoms with van der Waals surface area (Å²) in [6, 6.07) is 0. The van der Waals surface area contributed by atoms with Gasteiger partial charge in [-0.3, -0.25) is 9.36 Å². The highest BCUT2D eigenvalue weighted by Crippen LogP contribution is 2.39. The lowest BCUT2D eigenvalue weighted by Gasteiger charge is -1.96. The van der Waals surface area contributed by atoms with Crippen LogP contribution < -0.4 is 0 Å². The van der Waals surface area contributed by atoms with Crippen LogP contribution in [0, 0.1) is 0 Å². The number of nitrogens with zero attached hydrogens (tertiary/aromatic N) is 4. The molecular weight excluding hydrogens is 244 g/mol.